The minimum atomic E-state index is -1.54. The summed E-state index contributed by atoms with van der Waals surface area (Å²) in [6.07, 6.45) is 0. The number of benzene rings is 5. The third kappa shape index (κ3) is 4.37. The molecule has 34 heavy (non-hydrogen) atoms. The Balaban J connectivity index is 0.00000133. The first kappa shape index (κ1) is 23.7. The molecule has 0 heterocycles. The molecule has 0 radical (unpaired) electrons. The van der Waals surface area contributed by atoms with Gasteiger partial charge in [-0.1, -0.05) is 111 Å². The summed E-state index contributed by atoms with van der Waals surface area (Å²) in [6, 6.07) is 30.8. The van der Waals surface area contributed by atoms with Crippen LogP contribution >= 0.6 is 0 Å². The molecule has 0 unspecified atom stereocenters. The molecule has 0 aliphatic heterocycles. The second-order valence-electron chi connectivity index (χ2n) is 7.84. The highest BCUT2D eigenvalue weighted by atomic mass is 16.4. The van der Waals surface area contributed by atoms with Gasteiger partial charge in [-0.25, -0.2) is 0 Å². The zero-order chi connectivity index (χ0) is 24.2. The van der Waals surface area contributed by atoms with Crippen molar-refractivity contribution in [1.82, 2.24) is 0 Å². The van der Waals surface area contributed by atoms with E-state index in [1.165, 1.54) is 0 Å². The Kier molecular flexibility index (Phi) is 7.15. The lowest BCUT2D eigenvalue weighted by Gasteiger charge is -2.18. The van der Waals surface area contributed by atoms with Crippen LogP contribution in [-0.2, 0) is 0 Å². The fourth-order valence-electron chi connectivity index (χ4n) is 4.46. The van der Waals surface area contributed by atoms with E-state index >= 15 is 0 Å². The molecule has 5 aromatic carbocycles. The van der Waals surface area contributed by atoms with Gasteiger partial charge in [-0.2, -0.15) is 0 Å². The number of hydrogen-bond donors (Lipinski definition) is 4. The average molecular weight is 448 g/mol. The maximum absolute atomic E-state index is 9.70. The average Bonchev–Trinajstić information content (AvgIpc) is 2.88. The minimum absolute atomic E-state index is 0.435. The lowest BCUT2D eigenvalue weighted by Crippen LogP contribution is -2.29. The van der Waals surface area contributed by atoms with Gasteiger partial charge in [-0.3, -0.25) is 0 Å². The fourth-order valence-corrected chi connectivity index (χ4v) is 4.46. The van der Waals surface area contributed by atoms with E-state index in [2.05, 4.69) is 24.3 Å². The molecule has 4 N–H and O–H groups in total. The van der Waals surface area contributed by atoms with E-state index in [4.69, 9.17) is 0 Å². The SMILES string of the molecule is CC.OB(O)c1cccc(-c2c3ccccc3c(-c3cccc(B(O)O)c3)c3ccccc23)c1. The molecule has 0 spiro atoms. The monoisotopic (exact) mass is 448 g/mol. The fraction of sp³-hybridized carbons (Fsp3) is 0.0714. The van der Waals surface area contributed by atoms with E-state index in [0.717, 1.165) is 43.8 Å². The molecular weight excluding hydrogens is 422 g/mol. The second-order valence-corrected chi connectivity index (χ2v) is 7.84. The van der Waals surface area contributed by atoms with E-state index in [-0.39, 0.29) is 0 Å². The van der Waals surface area contributed by atoms with Crippen molar-refractivity contribution in [1.29, 1.82) is 0 Å². The Hall–Kier alpha value is -3.41. The van der Waals surface area contributed by atoms with Gasteiger partial charge in [0.05, 0.1) is 0 Å². The van der Waals surface area contributed by atoms with Crippen LogP contribution in [0.1, 0.15) is 13.8 Å². The summed E-state index contributed by atoms with van der Waals surface area (Å²) in [4.78, 5) is 0. The number of hydrogen-bond acceptors (Lipinski definition) is 4. The summed E-state index contributed by atoms with van der Waals surface area (Å²) in [5, 5.41) is 42.9. The summed E-state index contributed by atoms with van der Waals surface area (Å²) in [5.41, 5.74) is 4.69. The van der Waals surface area contributed by atoms with Crippen molar-refractivity contribution in [2.45, 2.75) is 13.8 Å². The first-order valence-corrected chi connectivity index (χ1v) is 11.4. The molecule has 168 valence electrons. The third-order valence-corrected chi connectivity index (χ3v) is 5.88. The molecule has 0 saturated heterocycles. The van der Waals surface area contributed by atoms with E-state index in [1.807, 2.05) is 62.4 Å². The van der Waals surface area contributed by atoms with Crippen LogP contribution < -0.4 is 10.9 Å². The van der Waals surface area contributed by atoms with Gasteiger partial charge in [0, 0.05) is 0 Å². The summed E-state index contributed by atoms with van der Waals surface area (Å²) >= 11 is 0. The lowest BCUT2D eigenvalue weighted by atomic mass is 9.77. The quantitative estimate of drug-likeness (QED) is 0.250. The highest BCUT2D eigenvalue weighted by molar-refractivity contribution is 6.59. The van der Waals surface area contributed by atoms with E-state index in [9.17, 15) is 20.1 Å². The first-order chi connectivity index (χ1) is 16.5. The molecule has 0 bridgehead atoms. The molecule has 0 aliphatic rings. The third-order valence-electron chi connectivity index (χ3n) is 5.88. The van der Waals surface area contributed by atoms with Gasteiger partial charge < -0.3 is 20.1 Å². The molecule has 5 aromatic rings. The van der Waals surface area contributed by atoms with Crippen LogP contribution in [0.5, 0.6) is 0 Å². The molecular formula is C28H26B2O4. The van der Waals surface area contributed by atoms with Crippen LogP contribution in [0.25, 0.3) is 43.8 Å². The molecule has 5 rings (SSSR count). The molecule has 0 aliphatic carbocycles. The normalized spacial score (nSPS) is 10.6. The molecule has 6 heteroatoms. The van der Waals surface area contributed by atoms with Crippen molar-refractivity contribution in [3.05, 3.63) is 97.1 Å². The van der Waals surface area contributed by atoms with Gasteiger partial charge in [-0.05, 0) is 54.7 Å². The maximum Gasteiger partial charge on any atom is 0.488 e. The van der Waals surface area contributed by atoms with E-state index < -0.39 is 14.2 Å². The Morgan fingerprint density at radius 2 is 0.765 bits per heavy atom. The topological polar surface area (TPSA) is 80.9 Å². The van der Waals surface area contributed by atoms with Gasteiger partial charge in [0.1, 0.15) is 0 Å². The lowest BCUT2D eigenvalue weighted by molar-refractivity contribution is 0.424. The Labute approximate surface area is 200 Å². The summed E-state index contributed by atoms with van der Waals surface area (Å²) in [6.45, 7) is 4.00. The maximum atomic E-state index is 9.70. The summed E-state index contributed by atoms with van der Waals surface area (Å²) in [5.74, 6) is 0. The van der Waals surface area contributed by atoms with Crippen molar-refractivity contribution in [3.8, 4) is 22.3 Å². The molecule has 0 saturated carbocycles. The molecule has 0 fully saturated rings. The van der Waals surface area contributed by atoms with Crippen molar-refractivity contribution >= 4 is 46.7 Å². The largest absolute Gasteiger partial charge is 0.488 e. The summed E-state index contributed by atoms with van der Waals surface area (Å²) in [7, 11) is -3.08. The van der Waals surface area contributed by atoms with Crippen molar-refractivity contribution < 1.29 is 20.1 Å². The number of rotatable bonds is 4. The summed E-state index contributed by atoms with van der Waals surface area (Å²) < 4.78 is 0. The predicted octanol–water partition coefficient (Wildman–Crippen LogP) is 3.71. The van der Waals surface area contributed by atoms with Crippen LogP contribution in [0.4, 0.5) is 0 Å². The number of fused-ring (bicyclic) bond motifs is 2. The zero-order valence-electron chi connectivity index (χ0n) is 19.2. The zero-order valence-corrected chi connectivity index (χ0v) is 19.2. The van der Waals surface area contributed by atoms with Crippen LogP contribution in [0.3, 0.4) is 0 Å². The van der Waals surface area contributed by atoms with Gasteiger partial charge in [-0.15, -0.1) is 0 Å². The predicted molar refractivity (Wildman–Crippen MR) is 143 cm³/mol. The van der Waals surface area contributed by atoms with Crippen molar-refractivity contribution in [2.75, 3.05) is 0 Å². The van der Waals surface area contributed by atoms with Gasteiger partial charge in [0.25, 0.3) is 0 Å². The van der Waals surface area contributed by atoms with E-state index in [1.54, 1.807) is 24.3 Å². The van der Waals surface area contributed by atoms with Crippen LogP contribution in [0.15, 0.2) is 97.1 Å². The Morgan fingerprint density at radius 3 is 1.06 bits per heavy atom. The second kappa shape index (κ2) is 10.2. The van der Waals surface area contributed by atoms with E-state index in [0.29, 0.717) is 10.9 Å². The van der Waals surface area contributed by atoms with Gasteiger partial charge >= 0.3 is 14.2 Å². The molecule has 0 aromatic heterocycles. The van der Waals surface area contributed by atoms with Crippen LogP contribution in [0, 0.1) is 0 Å². The smallest absolute Gasteiger partial charge is 0.423 e. The standard InChI is InChI=1S/C26H20B2O4.C2H6/c29-27(30)19-9-5-7-17(15-19)25-21-11-1-2-12-22(21)26(24-14-4-3-13-23(24)25)18-8-6-10-20(16-18)28(31)32;1-2/h1-16,29-32H;1-2H3. The van der Waals surface area contributed by atoms with Crippen LogP contribution in [0.2, 0.25) is 0 Å². The minimum Gasteiger partial charge on any atom is -0.423 e. The first-order valence-electron chi connectivity index (χ1n) is 11.4. The Morgan fingerprint density at radius 1 is 0.441 bits per heavy atom. The van der Waals surface area contributed by atoms with Gasteiger partial charge in [0.15, 0.2) is 0 Å². The van der Waals surface area contributed by atoms with Crippen LogP contribution in [-0.4, -0.2) is 34.3 Å². The van der Waals surface area contributed by atoms with Gasteiger partial charge in [0.2, 0.25) is 0 Å². The van der Waals surface area contributed by atoms with Crippen molar-refractivity contribution in [3.63, 3.8) is 0 Å². The molecule has 4 nitrogen and oxygen atoms in total. The van der Waals surface area contributed by atoms with Crippen molar-refractivity contribution in [2.24, 2.45) is 0 Å². The highest BCUT2D eigenvalue weighted by Gasteiger charge is 2.19. The molecule has 0 amide bonds. The molecule has 0 atom stereocenters. The Bertz CT molecular complexity index is 1280. The highest BCUT2D eigenvalue weighted by Crippen LogP contribution is 2.43.